The van der Waals surface area contributed by atoms with Crippen LogP contribution in [0.4, 0.5) is 11.4 Å². The van der Waals surface area contributed by atoms with Crippen LogP contribution < -0.4 is 10.6 Å². The Labute approximate surface area is 116 Å². The fourth-order valence-corrected chi connectivity index (χ4v) is 2.65. The van der Waals surface area contributed by atoms with Gasteiger partial charge in [0.2, 0.25) is 0 Å². The van der Waals surface area contributed by atoms with Gasteiger partial charge in [0, 0.05) is 35.6 Å². The molecule has 1 aromatic carbocycles. The van der Waals surface area contributed by atoms with Crippen molar-refractivity contribution in [1.29, 1.82) is 0 Å². The van der Waals surface area contributed by atoms with Crippen molar-refractivity contribution in [2.24, 2.45) is 0 Å². The maximum absolute atomic E-state index is 11.1. The number of nitro groups is 1. The van der Waals surface area contributed by atoms with Crippen molar-refractivity contribution < 1.29 is 4.92 Å². The molecule has 0 aliphatic carbocycles. The Morgan fingerprint density at radius 3 is 2.80 bits per heavy atom. The largest absolute Gasteiger partial charge is 0.382 e. The van der Waals surface area contributed by atoms with E-state index in [-0.39, 0.29) is 10.6 Å². The van der Waals surface area contributed by atoms with E-state index in [9.17, 15) is 10.1 Å². The third-order valence-corrected chi connectivity index (χ3v) is 3.69. The molecule has 1 aromatic heterocycles. The summed E-state index contributed by atoms with van der Waals surface area (Å²) in [5.74, 6) is 0. The van der Waals surface area contributed by atoms with Gasteiger partial charge in [-0.1, -0.05) is 0 Å². The van der Waals surface area contributed by atoms with E-state index in [0.29, 0.717) is 11.4 Å². The zero-order valence-electron chi connectivity index (χ0n) is 11.0. The van der Waals surface area contributed by atoms with E-state index in [0.717, 1.165) is 37.0 Å². The molecule has 0 atom stereocenters. The second-order valence-electron chi connectivity index (χ2n) is 4.98. The number of hydrogen-bond acceptors (Lipinski definition) is 5. The molecule has 0 amide bonds. The van der Waals surface area contributed by atoms with Crippen LogP contribution in [0.2, 0.25) is 0 Å². The van der Waals surface area contributed by atoms with Crippen molar-refractivity contribution in [1.82, 2.24) is 10.3 Å². The molecule has 20 heavy (non-hydrogen) atoms. The summed E-state index contributed by atoms with van der Waals surface area (Å²) < 4.78 is 0. The van der Waals surface area contributed by atoms with Crippen molar-refractivity contribution in [3.8, 4) is 0 Å². The van der Waals surface area contributed by atoms with Crippen LogP contribution in [0.5, 0.6) is 0 Å². The summed E-state index contributed by atoms with van der Waals surface area (Å²) in [6, 6.07) is 5.44. The molecule has 6 nitrogen and oxygen atoms in total. The number of non-ortho nitro benzene ring substituents is 1. The first-order chi connectivity index (χ1) is 9.75. The second-order valence-corrected chi connectivity index (χ2v) is 4.98. The van der Waals surface area contributed by atoms with Crippen molar-refractivity contribution >= 4 is 22.1 Å². The number of pyridine rings is 1. The first kappa shape index (κ1) is 12.8. The molecule has 6 heteroatoms. The Morgan fingerprint density at radius 1 is 1.25 bits per heavy atom. The minimum Gasteiger partial charge on any atom is -0.382 e. The highest BCUT2D eigenvalue weighted by Gasteiger charge is 2.17. The van der Waals surface area contributed by atoms with Gasteiger partial charge in [0.25, 0.3) is 5.69 Å². The van der Waals surface area contributed by atoms with Crippen LogP contribution in [0.25, 0.3) is 10.8 Å². The lowest BCUT2D eigenvalue weighted by Gasteiger charge is -2.25. The predicted octanol–water partition coefficient (Wildman–Crippen LogP) is 2.31. The molecule has 0 radical (unpaired) electrons. The summed E-state index contributed by atoms with van der Waals surface area (Å²) in [6.07, 6.45) is 5.38. The van der Waals surface area contributed by atoms with Gasteiger partial charge in [0.05, 0.1) is 10.3 Å². The predicted molar refractivity (Wildman–Crippen MR) is 77.9 cm³/mol. The Balaban J connectivity index is 1.99. The van der Waals surface area contributed by atoms with Gasteiger partial charge in [0.15, 0.2) is 0 Å². The monoisotopic (exact) mass is 272 g/mol. The molecule has 0 bridgehead atoms. The van der Waals surface area contributed by atoms with E-state index in [1.165, 1.54) is 0 Å². The molecule has 1 aliphatic heterocycles. The van der Waals surface area contributed by atoms with Crippen LogP contribution in [-0.2, 0) is 0 Å². The first-order valence-corrected chi connectivity index (χ1v) is 6.74. The topological polar surface area (TPSA) is 80.1 Å². The number of nitrogens with zero attached hydrogens (tertiary/aromatic N) is 2. The Kier molecular flexibility index (Phi) is 3.47. The van der Waals surface area contributed by atoms with Crippen molar-refractivity contribution in [2.45, 2.75) is 18.9 Å². The molecule has 1 fully saturated rings. The fraction of sp³-hybridized carbons (Fsp3) is 0.357. The van der Waals surface area contributed by atoms with Crippen LogP contribution in [-0.4, -0.2) is 29.0 Å². The summed E-state index contributed by atoms with van der Waals surface area (Å²) in [5.41, 5.74) is 1.05. The molecule has 0 spiro atoms. The van der Waals surface area contributed by atoms with E-state index < -0.39 is 0 Å². The normalized spacial score (nSPS) is 16.2. The van der Waals surface area contributed by atoms with Gasteiger partial charge in [-0.25, -0.2) is 0 Å². The number of nitro benzene ring substituents is 1. The molecular weight excluding hydrogens is 256 g/mol. The van der Waals surface area contributed by atoms with Crippen LogP contribution in [0.15, 0.2) is 30.6 Å². The maximum atomic E-state index is 11.1. The van der Waals surface area contributed by atoms with Gasteiger partial charge in [-0.05, 0) is 38.1 Å². The molecule has 1 saturated heterocycles. The quantitative estimate of drug-likeness (QED) is 0.662. The third kappa shape index (κ3) is 2.42. The van der Waals surface area contributed by atoms with Crippen molar-refractivity contribution in [3.63, 3.8) is 0 Å². The minimum atomic E-state index is -0.351. The zero-order chi connectivity index (χ0) is 13.9. The lowest BCUT2D eigenvalue weighted by atomic mass is 10.0. The molecule has 2 N–H and O–H groups in total. The second kappa shape index (κ2) is 5.42. The number of hydrogen-bond donors (Lipinski definition) is 2. The SMILES string of the molecule is O=[N+]([O-])c1ccc(NC2CCNCC2)c2cnccc12. The molecule has 2 aromatic rings. The number of aromatic nitrogens is 1. The van der Waals surface area contributed by atoms with E-state index in [4.69, 9.17) is 0 Å². The fourth-order valence-electron chi connectivity index (χ4n) is 2.65. The van der Waals surface area contributed by atoms with Crippen molar-refractivity contribution in [3.05, 3.63) is 40.7 Å². The smallest absolute Gasteiger partial charge is 0.277 e. The van der Waals surface area contributed by atoms with Crippen LogP contribution in [0.3, 0.4) is 0 Å². The number of piperidine rings is 1. The van der Waals surface area contributed by atoms with E-state index in [1.54, 1.807) is 30.6 Å². The Bertz CT molecular complexity index is 638. The number of rotatable bonds is 3. The molecule has 3 rings (SSSR count). The van der Waals surface area contributed by atoms with Gasteiger partial charge >= 0.3 is 0 Å². The van der Waals surface area contributed by atoms with Gasteiger partial charge in [-0.15, -0.1) is 0 Å². The number of anilines is 1. The van der Waals surface area contributed by atoms with Gasteiger partial charge in [-0.2, -0.15) is 0 Å². The van der Waals surface area contributed by atoms with Crippen LogP contribution >= 0.6 is 0 Å². The van der Waals surface area contributed by atoms with Gasteiger partial charge < -0.3 is 10.6 Å². The molecule has 0 saturated carbocycles. The van der Waals surface area contributed by atoms with E-state index in [1.807, 2.05) is 0 Å². The molecule has 104 valence electrons. The van der Waals surface area contributed by atoms with E-state index in [2.05, 4.69) is 15.6 Å². The average molecular weight is 272 g/mol. The summed E-state index contributed by atoms with van der Waals surface area (Å²) in [7, 11) is 0. The zero-order valence-corrected chi connectivity index (χ0v) is 11.0. The Morgan fingerprint density at radius 2 is 2.05 bits per heavy atom. The molecule has 0 unspecified atom stereocenters. The highest BCUT2D eigenvalue weighted by atomic mass is 16.6. The van der Waals surface area contributed by atoms with Crippen LogP contribution in [0.1, 0.15) is 12.8 Å². The standard InChI is InChI=1S/C14H16N4O2/c19-18(20)14-2-1-13(12-9-16-8-5-11(12)14)17-10-3-6-15-7-4-10/h1-2,5,8-10,15,17H,3-4,6-7H2. The highest BCUT2D eigenvalue weighted by molar-refractivity contribution is 5.99. The summed E-state index contributed by atoms with van der Waals surface area (Å²) in [5, 5.41) is 19.3. The molecular formula is C14H16N4O2. The molecule has 2 heterocycles. The van der Waals surface area contributed by atoms with Crippen molar-refractivity contribution in [2.75, 3.05) is 18.4 Å². The lowest BCUT2D eigenvalue weighted by Crippen LogP contribution is -2.35. The highest BCUT2D eigenvalue weighted by Crippen LogP contribution is 2.31. The van der Waals surface area contributed by atoms with Gasteiger partial charge in [-0.3, -0.25) is 15.1 Å². The Hall–Kier alpha value is -2.21. The van der Waals surface area contributed by atoms with Gasteiger partial charge in [0.1, 0.15) is 0 Å². The lowest BCUT2D eigenvalue weighted by molar-refractivity contribution is -0.383. The number of nitrogens with one attached hydrogen (secondary N) is 2. The minimum absolute atomic E-state index is 0.123. The first-order valence-electron chi connectivity index (χ1n) is 6.74. The van der Waals surface area contributed by atoms with E-state index >= 15 is 0 Å². The summed E-state index contributed by atoms with van der Waals surface area (Å²) >= 11 is 0. The summed E-state index contributed by atoms with van der Waals surface area (Å²) in [4.78, 5) is 14.8. The summed E-state index contributed by atoms with van der Waals surface area (Å²) in [6.45, 7) is 2.00. The number of fused-ring (bicyclic) bond motifs is 1. The third-order valence-electron chi connectivity index (χ3n) is 3.69. The maximum Gasteiger partial charge on any atom is 0.277 e. The number of benzene rings is 1. The molecule has 1 aliphatic rings. The van der Waals surface area contributed by atoms with Crippen LogP contribution in [0, 0.1) is 10.1 Å². The average Bonchev–Trinajstić information content (AvgIpc) is 2.48.